The quantitative estimate of drug-likeness (QED) is 0.869. The molecule has 0 saturated carbocycles. The van der Waals surface area contributed by atoms with Crippen LogP contribution in [0, 0.1) is 20.8 Å². The number of anilines is 1. The number of nitrogens with zero attached hydrogens (tertiary/aromatic N) is 3. The highest BCUT2D eigenvalue weighted by molar-refractivity contribution is 7.09. The Morgan fingerprint density at radius 1 is 1.14 bits per heavy atom. The summed E-state index contributed by atoms with van der Waals surface area (Å²) < 4.78 is 10.4. The lowest BCUT2D eigenvalue weighted by Gasteiger charge is -2.31. The van der Waals surface area contributed by atoms with Crippen molar-refractivity contribution in [1.82, 2.24) is 9.36 Å². The van der Waals surface area contributed by atoms with Crippen LogP contribution in [0.2, 0.25) is 0 Å². The summed E-state index contributed by atoms with van der Waals surface area (Å²) in [6.07, 6.45) is 2.37. The molecule has 1 aliphatic heterocycles. The lowest BCUT2D eigenvalue weighted by molar-refractivity contribution is 0.171. The molecule has 0 bridgehead atoms. The highest BCUT2D eigenvalue weighted by atomic mass is 32.1. The first-order valence-corrected chi connectivity index (χ1v) is 8.18. The molecule has 0 aliphatic carbocycles. The topological polar surface area (TPSA) is 38.2 Å². The van der Waals surface area contributed by atoms with Crippen molar-refractivity contribution in [1.29, 1.82) is 0 Å². The minimum absolute atomic E-state index is 0.303. The molecular formula is C16H21N3OS. The fraction of sp³-hybridized carbons (Fsp3) is 0.500. The minimum atomic E-state index is 0.303. The van der Waals surface area contributed by atoms with Gasteiger partial charge in [-0.25, -0.2) is 4.98 Å². The van der Waals surface area contributed by atoms with Gasteiger partial charge in [0.25, 0.3) is 0 Å². The molecule has 0 N–H and O–H groups in total. The van der Waals surface area contributed by atoms with E-state index in [1.807, 2.05) is 6.92 Å². The lowest BCUT2D eigenvalue weighted by atomic mass is 10.1. The molecule has 5 heteroatoms. The van der Waals surface area contributed by atoms with Crippen LogP contribution in [0.4, 0.5) is 5.13 Å². The Balaban J connectivity index is 1.57. The second kappa shape index (κ2) is 6.02. The first-order valence-electron chi connectivity index (χ1n) is 7.41. The summed E-state index contributed by atoms with van der Waals surface area (Å²) in [6.45, 7) is 8.17. The molecule has 112 valence electrons. The molecule has 1 aliphatic rings. The van der Waals surface area contributed by atoms with Gasteiger partial charge in [0.15, 0.2) is 0 Å². The molecule has 0 atom stereocenters. The van der Waals surface area contributed by atoms with Crippen LogP contribution in [-0.2, 0) is 0 Å². The van der Waals surface area contributed by atoms with Crippen molar-refractivity contribution in [2.24, 2.45) is 0 Å². The summed E-state index contributed by atoms with van der Waals surface area (Å²) in [5, 5.41) is 1.04. The summed E-state index contributed by atoms with van der Waals surface area (Å²) >= 11 is 1.49. The number of aromatic nitrogens is 2. The van der Waals surface area contributed by atoms with Crippen molar-refractivity contribution in [3.8, 4) is 5.75 Å². The van der Waals surface area contributed by atoms with Gasteiger partial charge >= 0.3 is 0 Å². The zero-order valence-corrected chi connectivity index (χ0v) is 13.6. The van der Waals surface area contributed by atoms with Gasteiger partial charge in [-0.15, -0.1) is 0 Å². The van der Waals surface area contributed by atoms with Crippen LogP contribution in [0.5, 0.6) is 5.75 Å². The average Bonchev–Trinajstić information content (AvgIpc) is 2.90. The van der Waals surface area contributed by atoms with Gasteiger partial charge in [-0.2, -0.15) is 4.37 Å². The van der Waals surface area contributed by atoms with Gasteiger partial charge in [0.1, 0.15) is 17.7 Å². The summed E-state index contributed by atoms with van der Waals surface area (Å²) in [5.41, 5.74) is 2.60. The van der Waals surface area contributed by atoms with E-state index in [0.29, 0.717) is 6.10 Å². The van der Waals surface area contributed by atoms with Crippen LogP contribution in [0.25, 0.3) is 0 Å². The Morgan fingerprint density at radius 2 is 1.90 bits per heavy atom. The molecule has 2 aromatic rings. The second-order valence-electron chi connectivity index (χ2n) is 5.67. The predicted molar refractivity (Wildman–Crippen MR) is 86.4 cm³/mol. The van der Waals surface area contributed by atoms with Crippen molar-refractivity contribution in [2.75, 3.05) is 18.0 Å². The minimum Gasteiger partial charge on any atom is -0.490 e. The fourth-order valence-electron chi connectivity index (χ4n) is 2.56. The third kappa shape index (κ3) is 3.35. The Labute approximate surface area is 129 Å². The van der Waals surface area contributed by atoms with Crippen molar-refractivity contribution in [3.63, 3.8) is 0 Å². The van der Waals surface area contributed by atoms with Crippen LogP contribution in [0.1, 0.15) is 29.8 Å². The Bertz CT molecular complexity index is 618. The molecule has 21 heavy (non-hydrogen) atoms. The van der Waals surface area contributed by atoms with Crippen molar-refractivity contribution in [2.45, 2.75) is 39.7 Å². The molecule has 1 aromatic heterocycles. The van der Waals surface area contributed by atoms with E-state index in [9.17, 15) is 0 Å². The standard InChI is InChI=1S/C16H21N3OS/c1-11-4-5-15(10-12(11)2)20-14-6-8-19(9-7-14)16-17-13(3)18-21-16/h4-5,10,14H,6-9H2,1-3H3. The highest BCUT2D eigenvalue weighted by Crippen LogP contribution is 2.25. The monoisotopic (exact) mass is 303 g/mol. The van der Waals surface area contributed by atoms with E-state index in [-0.39, 0.29) is 0 Å². The van der Waals surface area contributed by atoms with E-state index >= 15 is 0 Å². The normalized spacial score (nSPS) is 16.2. The maximum Gasteiger partial charge on any atom is 0.205 e. The van der Waals surface area contributed by atoms with Crippen molar-refractivity contribution < 1.29 is 4.74 Å². The van der Waals surface area contributed by atoms with Crippen LogP contribution in [-0.4, -0.2) is 28.6 Å². The SMILES string of the molecule is Cc1nsc(N2CCC(Oc3ccc(C)c(C)c3)CC2)n1. The zero-order valence-electron chi connectivity index (χ0n) is 12.8. The molecule has 1 aromatic carbocycles. The first-order chi connectivity index (χ1) is 10.1. The van der Waals surface area contributed by atoms with Gasteiger partial charge in [0.2, 0.25) is 5.13 Å². The number of piperidine rings is 1. The van der Waals surface area contributed by atoms with E-state index in [0.717, 1.165) is 42.6 Å². The van der Waals surface area contributed by atoms with Gasteiger partial charge in [-0.3, -0.25) is 0 Å². The zero-order chi connectivity index (χ0) is 14.8. The number of hydrogen-bond acceptors (Lipinski definition) is 5. The van der Waals surface area contributed by atoms with Crippen LogP contribution >= 0.6 is 11.5 Å². The number of aryl methyl sites for hydroxylation is 3. The third-order valence-corrected chi connectivity index (χ3v) is 4.88. The number of hydrogen-bond donors (Lipinski definition) is 0. The third-order valence-electron chi connectivity index (χ3n) is 4.01. The van der Waals surface area contributed by atoms with Gasteiger partial charge in [-0.05, 0) is 44.0 Å². The van der Waals surface area contributed by atoms with Gasteiger partial charge in [-0.1, -0.05) is 6.07 Å². The lowest BCUT2D eigenvalue weighted by Crippen LogP contribution is -2.38. The molecule has 4 nitrogen and oxygen atoms in total. The summed E-state index contributed by atoms with van der Waals surface area (Å²) in [7, 11) is 0. The Kier molecular flexibility index (Phi) is 4.10. The van der Waals surface area contributed by atoms with E-state index in [1.165, 1.54) is 22.7 Å². The van der Waals surface area contributed by atoms with E-state index in [4.69, 9.17) is 4.74 Å². The van der Waals surface area contributed by atoms with E-state index in [2.05, 4.69) is 46.3 Å². The molecule has 3 rings (SSSR count). The molecule has 1 fully saturated rings. The van der Waals surface area contributed by atoms with Crippen LogP contribution in [0.15, 0.2) is 18.2 Å². The van der Waals surface area contributed by atoms with E-state index in [1.54, 1.807) is 0 Å². The number of ether oxygens (including phenoxy) is 1. The van der Waals surface area contributed by atoms with Crippen molar-refractivity contribution >= 4 is 16.7 Å². The molecule has 0 radical (unpaired) electrons. The summed E-state index contributed by atoms with van der Waals surface area (Å²) in [5.74, 6) is 1.85. The highest BCUT2D eigenvalue weighted by Gasteiger charge is 2.22. The van der Waals surface area contributed by atoms with Gasteiger partial charge in [0.05, 0.1) is 0 Å². The van der Waals surface area contributed by atoms with Crippen molar-refractivity contribution in [3.05, 3.63) is 35.2 Å². The molecule has 0 spiro atoms. The predicted octanol–water partition coefficient (Wildman–Crippen LogP) is 3.51. The van der Waals surface area contributed by atoms with Crippen LogP contribution in [0.3, 0.4) is 0 Å². The Morgan fingerprint density at radius 3 is 2.52 bits per heavy atom. The summed E-state index contributed by atoms with van der Waals surface area (Å²) in [4.78, 5) is 6.77. The second-order valence-corrected chi connectivity index (χ2v) is 6.40. The molecule has 2 heterocycles. The fourth-order valence-corrected chi connectivity index (χ4v) is 3.28. The average molecular weight is 303 g/mol. The Hall–Kier alpha value is -1.62. The summed E-state index contributed by atoms with van der Waals surface area (Å²) in [6, 6.07) is 6.34. The number of benzene rings is 1. The maximum absolute atomic E-state index is 6.12. The molecule has 1 saturated heterocycles. The largest absolute Gasteiger partial charge is 0.490 e. The molecular weight excluding hydrogens is 282 g/mol. The van der Waals surface area contributed by atoms with Crippen LogP contribution < -0.4 is 9.64 Å². The maximum atomic E-state index is 6.12. The smallest absolute Gasteiger partial charge is 0.205 e. The molecule has 0 amide bonds. The molecule has 0 unspecified atom stereocenters. The number of rotatable bonds is 3. The van der Waals surface area contributed by atoms with Gasteiger partial charge in [0, 0.05) is 37.5 Å². The first kappa shape index (κ1) is 14.3. The van der Waals surface area contributed by atoms with E-state index < -0.39 is 0 Å². The van der Waals surface area contributed by atoms with Gasteiger partial charge < -0.3 is 9.64 Å².